The normalized spacial score (nSPS) is 11.3. The fourth-order valence-corrected chi connectivity index (χ4v) is 3.73. The molecule has 0 aliphatic rings. The summed E-state index contributed by atoms with van der Waals surface area (Å²) in [6, 6.07) is 9.53. The second-order valence-electron chi connectivity index (χ2n) is 5.41. The zero-order valence-corrected chi connectivity index (χ0v) is 14.1. The summed E-state index contributed by atoms with van der Waals surface area (Å²) >= 11 is 0. The van der Waals surface area contributed by atoms with Gasteiger partial charge in [0.15, 0.2) is 0 Å². The van der Waals surface area contributed by atoms with Crippen molar-refractivity contribution in [2.24, 2.45) is 0 Å². The highest BCUT2D eigenvalue weighted by Crippen LogP contribution is 2.24. The highest BCUT2D eigenvalue weighted by Gasteiger charge is 2.19. The third-order valence-electron chi connectivity index (χ3n) is 3.60. The molecule has 0 spiro atoms. The van der Waals surface area contributed by atoms with Crippen molar-refractivity contribution in [2.45, 2.75) is 32.1 Å². The fraction of sp³-hybridized carbons (Fsp3) is 0.235. The number of aryl methyl sites for hydroxylation is 3. The number of sulfonamides is 1. The van der Waals surface area contributed by atoms with Crippen LogP contribution in [0, 0.1) is 13.8 Å². The molecule has 0 aliphatic carbocycles. The van der Waals surface area contributed by atoms with Gasteiger partial charge in [-0.25, -0.2) is 13.2 Å². The summed E-state index contributed by atoms with van der Waals surface area (Å²) in [5, 5.41) is 9.09. The predicted molar refractivity (Wildman–Crippen MR) is 89.5 cm³/mol. The molecule has 0 amide bonds. The quantitative estimate of drug-likeness (QED) is 0.879. The van der Waals surface area contributed by atoms with E-state index in [4.69, 9.17) is 5.11 Å². The second-order valence-corrected chi connectivity index (χ2v) is 7.06. The van der Waals surface area contributed by atoms with E-state index in [9.17, 15) is 13.2 Å². The van der Waals surface area contributed by atoms with E-state index in [0.717, 1.165) is 11.1 Å². The molecule has 2 aromatic carbocycles. The van der Waals surface area contributed by atoms with E-state index in [1.54, 1.807) is 31.2 Å². The van der Waals surface area contributed by atoms with Crippen molar-refractivity contribution < 1.29 is 18.3 Å². The molecule has 5 nitrogen and oxygen atoms in total. The topological polar surface area (TPSA) is 83.5 Å². The number of nitrogens with one attached hydrogen (secondary N) is 1. The van der Waals surface area contributed by atoms with E-state index in [-0.39, 0.29) is 10.5 Å². The summed E-state index contributed by atoms with van der Waals surface area (Å²) in [5.74, 6) is -1.10. The van der Waals surface area contributed by atoms with Gasteiger partial charge in [0.05, 0.1) is 16.1 Å². The average Bonchev–Trinajstić information content (AvgIpc) is 2.46. The lowest BCUT2D eigenvalue weighted by Crippen LogP contribution is -2.16. The number of carboxylic acid groups (broad SMARTS) is 1. The maximum absolute atomic E-state index is 12.6. The minimum atomic E-state index is -3.78. The molecule has 0 radical (unpaired) electrons. The van der Waals surface area contributed by atoms with Crippen molar-refractivity contribution in [3.63, 3.8) is 0 Å². The number of carbonyl (C=O) groups is 1. The summed E-state index contributed by atoms with van der Waals surface area (Å²) in [6.07, 6.45) is 0.588. The van der Waals surface area contributed by atoms with Crippen LogP contribution in [0.4, 0.5) is 5.69 Å². The van der Waals surface area contributed by atoms with Gasteiger partial charge in [0.1, 0.15) is 0 Å². The predicted octanol–water partition coefficient (Wildman–Crippen LogP) is 3.36. The van der Waals surface area contributed by atoms with Crippen molar-refractivity contribution in [2.75, 3.05) is 4.72 Å². The van der Waals surface area contributed by atoms with Crippen molar-refractivity contribution in [3.05, 3.63) is 58.7 Å². The van der Waals surface area contributed by atoms with E-state index in [0.29, 0.717) is 17.7 Å². The van der Waals surface area contributed by atoms with Gasteiger partial charge in [0.25, 0.3) is 10.0 Å². The standard InChI is InChI=1S/C17H19NO4S/c1-4-13-6-7-14(17(19)20)10-15(13)18-23(21,22)16-8-5-11(2)9-12(16)3/h5-10,18H,4H2,1-3H3,(H,19,20). The van der Waals surface area contributed by atoms with Gasteiger partial charge in [-0.15, -0.1) is 0 Å². The van der Waals surface area contributed by atoms with Gasteiger partial charge >= 0.3 is 5.97 Å². The Labute approximate surface area is 136 Å². The Morgan fingerprint density at radius 1 is 1.13 bits per heavy atom. The highest BCUT2D eigenvalue weighted by atomic mass is 32.2. The first-order valence-electron chi connectivity index (χ1n) is 7.21. The van der Waals surface area contributed by atoms with Crippen molar-refractivity contribution in [1.82, 2.24) is 0 Å². The fourth-order valence-electron chi connectivity index (χ4n) is 2.41. The molecular weight excluding hydrogens is 314 g/mol. The molecule has 0 fully saturated rings. The smallest absolute Gasteiger partial charge is 0.335 e. The molecule has 2 N–H and O–H groups in total. The minimum Gasteiger partial charge on any atom is -0.478 e. The van der Waals surface area contributed by atoms with Crippen LogP contribution in [0.15, 0.2) is 41.3 Å². The first-order chi connectivity index (χ1) is 10.7. The molecule has 0 bridgehead atoms. The summed E-state index contributed by atoms with van der Waals surface area (Å²) in [4.78, 5) is 11.3. The Bertz CT molecular complexity index is 857. The van der Waals surface area contributed by atoms with Crippen molar-refractivity contribution >= 4 is 21.7 Å². The zero-order valence-electron chi connectivity index (χ0n) is 13.3. The Morgan fingerprint density at radius 3 is 2.39 bits per heavy atom. The number of hydrogen-bond acceptors (Lipinski definition) is 3. The number of hydrogen-bond donors (Lipinski definition) is 2. The maximum Gasteiger partial charge on any atom is 0.335 e. The van der Waals surface area contributed by atoms with Crippen LogP contribution < -0.4 is 4.72 Å². The third kappa shape index (κ3) is 3.71. The third-order valence-corrected chi connectivity index (χ3v) is 5.13. The molecule has 0 aliphatic heterocycles. The SMILES string of the molecule is CCc1ccc(C(=O)O)cc1NS(=O)(=O)c1ccc(C)cc1C. The molecule has 0 aromatic heterocycles. The molecule has 0 heterocycles. The van der Waals surface area contributed by atoms with Gasteiger partial charge in [-0.1, -0.05) is 30.7 Å². The maximum atomic E-state index is 12.6. The van der Waals surface area contributed by atoms with Crippen LogP contribution in [0.3, 0.4) is 0 Å². The lowest BCUT2D eigenvalue weighted by Gasteiger charge is -2.14. The highest BCUT2D eigenvalue weighted by molar-refractivity contribution is 7.92. The molecule has 2 rings (SSSR count). The van der Waals surface area contributed by atoms with Crippen LogP contribution in [0.1, 0.15) is 34.0 Å². The molecule has 6 heteroatoms. The number of rotatable bonds is 5. The second kappa shape index (κ2) is 6.42. The number of aromatic carboxylic acids is 1. The molecule has 0 saturated heterocycles. The first kappa shape index (κ1) is 17.0. The van der Waals surface area contributed by atoms with E-state index >= 15 is 0 Å². The Hall–Kier alpha value is -2.34. The molecule has 23 heavy (non-hydrogen) atoms. The molecule has 0 atom stereocenters. The monoisotopic (exact) mass is 333 g/mol. The lowest BCUT2D eigenvalue weighted by molar-refractivity contribution is 0.0697. The molecule has 122 valence electrons. The molecular formula is C17H19NO4S. The van der Waals surface area contributed by atoms with E-state index in [1.807, 2.05) is 13.8 Å². The summed E-state index contributed by atoms with van der Waals surface area (Å²) in [7, 11) is -3.78. The van der Waals surface area contributed by atoms with Gasteiger partial charge in [-0.3, -0.25) is 4.72 Å². The van der Waals surface area contributed by atoms with Crippen LogP contribution in [-0.2, 0) is 16.4 Å². The van der Waals surface area contributed by atoms with Gasteiger partial charge in [-0.05, 0) is 49.6 Å². The van der Waals surface area contributed by atoms with Crippen LogP contribution in [0.5, 0.6) is 0 Å². The summed E-state index contributed by atoms with van der Waals surface area (Å²) in [5.41, 5.74) is 2.70. The average molecular weight is 333 g/mol. The van der Waals surface area contributed by atoms with E-state index in [1.165, 1.54) is 12.1 Å². The largest absolute Gasteiger partial charge is 0.478 e. The molecule has 2 aromatic rings. The zero-order chi connectivity index (χ0) is 17.2. The van der Waals surface area contributed by atoms with Crippen LogP contribution in [0.2, 0.25) is 0 Å². The first-order valence-corrected chi connectivity index (χ1v) is 8.69. The summed E-state index contributed by atoms with van der Waals surface area (Å²) < 4.78 is 27.8. The van der Waals surface area contributed by atoms with Gasteiger partial charge in [-0.2, -0.15) is 0 Å². The minimum absolute atomic E-state index is 0.0422. The van der Waals surface area contributed by atoms with Gasteiger partial charge < -0.3 is 5.11 Å². The molecule has 0 saturated carbocycles. The number of anilines is 1. The van der Waals surface area contributed by atoms with E-state index in [2.05, 4.69) is 4.72 Å². The van der Waals surface area contributed by atoms with Crippen LogP contribution in [0.25, 0.3) is 0 Å². The Balaban J connectivity index is 2.48. The van der Waals surface area contributed by atoms with Crippen molar-refractivity contribution in [1.29, 1.82) is 0 Å². The van der Waals surface area contributed by atoms with Crippen molar-refractivity contribution in [3.8, 4) is 0 Å². The van der Waals surface area contributed by atoms with Crippen LogP contribution in [-0.4, -0.2) is 19.5 Å². The van der Waals surface area contributed by atoms with Gasteiger partial charge in [0.2, 0.25) is 0 Å². The Morgan fingerprint density at radius 2 is 1.83 bits per heavy atom. The lowest BCUT2D eigenvalue weighted by atomic mass is 10.1. The van der Waals surface area contributed by atoms with Crippen LogP contribution >= 0.6 is 0 Å². The van der Waals surface area contributed by atoms with E-state index < -0.39 is 16.0 Å². The Kier molecular flexibility index (Phi) is 4.75. The van der Waals surface area contributed by atoms with Gasteiger partial charge in [0, 0.05) is 0 Å². The number of benzene rings is 2. The molecule has 0 unspecified atom stereocenters. The number of carboxylic acids is 1. The summed E-state index contributed by atoms with van der Waals surface area (Å²) in [6.45, 7) is 5.50.